The van der Waals surface area contributed by atoms with Crippen LogP contribution in [0, 0.1) is 5.82 Å². The Bertz CT molecular complexity index is 1420. The average Bonchev–Trinajstić information content (AvgIpc) is 2.94. The van der Waals surface area contributed by atoms with Crippen LogP contribution in [-0.2, 0) is 19.6 Å². The Hall–Kier alpha value is -4.16. The van der Waals surface area contributed by atoms with E-state index in [1.165, 1.54) is 62.8 Å². The number of para-hydroxylation sites is 2. The number of nitrogens with one attached hydrogen (secondary N) is 2. The number of methoxy groups -OCH3 is 3. The lowest BCUT2D eigenvalue weighted by molar-refractivity contribution is -0.114. The Morgan fingerprint density at radius 2 is 1.62 bits per heavy atom. The molecule has 0 saturated heterocycles. The Balaban J connectivity index is 1.91. The zero-order valence-corrected chi connectivity index (χ0v) is 22.6. The molecule has 12 heteroatoms. The van der Waals surface area contributed by atoms with Gasteiger partial charge in [0.2, 0.25) is 5.91 Å². The van der Waals surface area contributed by atoms with Gasteiger partial charge in [0.1, 0.15) is 12.4 Å². The highest BCUT2D eigenvalue weighted by Crippen LogP contribution is 2.33. The fourth-order valence-corrected chi connectivity index (χ4v) is 5.13. The van der Waals surface area contributed by atoms with Crippen molar-refractivity contribution in [1.82, 2.24) is 5.32 Å². The lowest BCUT2D eigenvalue weighted by atomic mass is 10.1. The lowest BCUT2D eigenvalue weighted by Gasteiger charge is -2.25. The molecule has 2 amide bonds. The summed E-state index contributed by atoms with van der Waals surface area (Å²) in [6.07, 6.45) is 0.600. The second-order valence-electron chi connectivity index (χ2n) is 8.18. The first-order valence-electron chi connectivity index (χ1n) is 11.9. The van der Waals surface area contributed by atoms with Crippen LogP contribution in [-0.4, -0.2) is 61.3 Å². The quantitative estimate of drug-likeness (QED) is 0.308. The van der Waals surface area contributed by atoms with Crippen LogP contribution >= 0.6 is 0 Å². The highest BCUT2D eigenvalue weighted by Gasteiger charge is 2.30. The average molecular weight is 560 g/mol. The number of hydrogen-bond donors (Lipinski definition) is 2. The first kappa shape index (κ1) is 29.4. The van der Waals surface area contributed by atoms with E-state index in [4.69, 9.17) is 14.2 Å². The van der Waals surface area contributed by atoms with E-state index in [2.05, 4.69) is 10.6 Å². The third-order valence-electron chi connectivity index (χ3n) is 5.61. The minimum atomic E-state index is -4.46. The summed E-state index contributed by atoms with van der Waals surface area (Å²) in [5, 5.41) is 5.32. The molecule has 0 atom stereocenters. The van der Waals surface area contributed by atoms with Crippen molar-refractivity contribution in [1.29, 1.82) is 0 Å². The fourth-order valence-electron chi connectivity index (χ4n) is 3.68. The van der Waals surface area contributed by atoms with Crippen LogP contribution in [0.25, 0.3) is 0 Å². The molecular formula is C27H30FN3O7S. The van der Waals surface area contributed by atoms with Crippen LogP contribution in [0.5, 0.6) is 11.5 Å². The van der Waals surface area contributed by atoms with E-state index in [0.717, 1.165) is 6.07 Å². The van der Waals surface area contributed by atoms with Gasteiger partial charge in [-0.05, 0) is 42.8 Å². The summed E-state index contributed by atoms with van der Waals surface area (Å²) in [4.78, 5) is 25.6. The second-order valence-corrected chi connectivity index (χ2v) is 10.0. The zero-order valence-electron chi connectivity index (χ0n) is 21.8. The van der Waals surface area contributed by atoms with Crippen LogP contribution < -0.4 is 24.4 Å². The van der Waals surface area contributed by atoms with Gasteiger partial charge in [-0.15, -0.1) is 0 Å². The van der Waals surface area contributed by atoms with Gasteiger partial charge in [-0.25, -0.2) is 12.8 Å². The molecule has 0 spiro atoms. The third-order valence-corrected chi connectivity index (χ3v) is 7.36. The molecule has 0 aliphatic carbocycles. The molecule has 3 rings (SSSR count). The Morgan fingerprint density at radius 3 is 2.31 bits per heavy atom. The van der Waals surface area contributed by atoms with Crippen LogP contribution in [0.4, 0.5) is 15.8 Å². The molecule has 3 aromatic carbocycles. The fraction of sp³-hybridized carbons (Fsp3) is 0.259. The van der Waals surface area contributed by atoms with Gasteiger partial charge < -0.3 is 24.8 Å². The van der Waals surface area contributed by atoms with E-state index < -0.39 is 34.2 Å². The molecule has 208 valence electrons. The number of sulfonamides is 1. The molecule has 2 N–H and O–H groups in total. The minimum absolute atomic E-state index is 0.141. The normalized spacial score (nSPS) is 11.0. The number of benzene rings is 3. The molecular weight excluding hydrogens is 529 g/mol. The monoisotopic (exact) mass is 559 g/mol. The van der Waals surface area contributed by atoms with E-state index >= 15 is 0 Å². The largest absolute Gasteiger partial charge is 0.493 e. The van der Waals surface area contributed by atoms with Gasteiger partial charge in [0.15, 0.2) is 11.5 Å². The number of carbonyl (C=O) groups is 2. The van der Waals surface area contributed by atoms with Gasteiger partial charge in [0, 0.05) is 26.3 Å². The molecule has 39 heavy (non-hydrogen) atoms. The SMILES string of the molecule is COCCCNC(=O)c1ccccc1NC(=O)CN(c1ccccc1F)S(=O)(=O)c1ccc(OC)c(OC)c1. The molecule has 3 aromatic rings. The summed E-state index contributed by atoms with van der Waals surface area (Å²) in [6, 6.07) is 15.4. The van der Waals surface area contributed by atoms with Crippen molar-refractivity contribution in [3.8, 4) is 11.5 Å². The maximum Gasteiger partial charge on any atom is 0.265 e. The van der Waals surface area contributed by atoms with Gasteiger partial charge >= 0.3 is 0 Å². The summed E-state index contributed by atoms with van der Waals surface area (Å²) in [6.45, 7) is 0.0556. The van der Waals surface area contributed by atoms with E-state index in [1.54, 1.807) is 19.2 Å². The molecule has 0 bridgehead atoms. The first-order valence-corrected chi connectivity index (χ1v) is 13.3. The van der Waals surface area contributed by atoms with E-state index in [1.807, 2.05) is 0 Å². The highest BCUT2D eigenvalue weighted by molar-refractivity contribution is 7.92. The van der Waals surface area contributed by atoms with Gasteiger partial charge in [0.05, 0.1) is 36.1 Å². The van der Waals surface area contributed by atoms with Crippen LogP contribution in [0.15, 0.2) is 71.6 Å². The summed E-state index contributed by atoms with van der Waals surface area (Å²) >= 11 is 0. The second kappa shape index (κ2) is 13.6. The standard InChI is InChI=1S/C27H30FN3O7S/c1-36-16-8-15-29-27(33)20-9-4-6-11-22(20)30-26(32)18-31(23-12-7-5-10-21(23)28)39(34,35)19-13-14-24(37-2)25(17-19)38-3/h4-7,9-14,17H,8,15-16,18H2,1-3H3,(H,29,33)(H,30,32). The Kier molecular flexibility index (Phi) is 10.2. The number of rotatable bonds is 13. The first-order chi connectivity index (χ1) is 18.7. The molecule has 0 heterocycles. The molecule has 0 radical (unpaired) electrons. The Morgan fingerprint density at radius 1 is 0.923 bits per heavy atom. The third kappa shape index (κ3) is 7.24. The molecule has 0 aliphatic rings. The topological polar surface area (TPSA) is 123 Å². The summed E-state index contributed by atoms with van der Waals surface area (Å²) in [5.74, 6) is -1.62. The number of carbonyl (C=O) groups excluding carboxylic acids is 2. The van der Waals surface area contributed by atoms with E-state index in [0.29, 0.717) is 29.6 Å². The maximum atomic E-state index is 14.8. The predicted octanol–water partition coefficient (Wildman–Crippen LogP) is 3.44. The summed E-state index contributed by atoms with van der Waals surface area (Å²) < 4.78 is 58.2. The summed E-state index contributed by atoms with van der Waals surface area (Å²) in [7, 11) is -0.150. The predicted molar refractivity (Wildman–Crippen MR) is 144 cm³/mol. The minimum Gasteiger partial charge on any atom is -0.493 e. The molecule has 0 aliphatic heterocycles. The van der Waals surface area contributed by atoms with Crippen molar-refractivity contribution in [3.05, 3.63) is 78.1 Å². The van der Waals surface area contributed by atoms with Gasteiger partial charge in [0.25, 0.3) is 15.9 Å². The van der Waals surface area contributed by atoms with Crippen molar-refractivity contribution in [3.63, 3.8) is 0 Å². The van der Waals surface area contributed by atoms with Crippen molar-refractivity contribution in [2.24, 2.45) is 0 Å². The van der Waals surface area contributed by atoms with Crippen molar-refractivity contribution >= 4 is 33.2 Å². The molecule has 0 aromatic heterocycles. The number of ether oxygens (including phenoxy) is 3. The maximum absolute atomic E-state index is 14.8. The number of amides is 2. The smallest absolute Gasteiger partial charge is 0.265 e. The highest BCUT2D eigenvalue weighted by atomic mass is 32.2. The number of hydrogen-bond acceptors (Lipinski definition) is 7. The summed E-state index contributed by atoms with van der Waals surface area (Å²) in [5.41, 5.74) is 0.0267. The van der Waals surface area contributed by atoms with Gasteiger partial charge in [-0.2, -0.15) is 0 Å². The van der Waals surface area contributed by atoms with Gasteiger partial charge in [-0.3, -0.25) is 13.9 Å². The molecule has 0 saturated carbocycles. The number of nitrogens with zero attached hydrogens (tertiary/aromatic N) is 1. The zero-order chi connectivity index (χ0) is 28.4. The van der Waals surface area contributed by atoms with E-state index in [9.17, 15) is 22.4 Å². The van der Waals surface area contributed by atoms with Crippen molar-refractivity contribution in [2.75, 3.05) is 50.6 Å². The molecule has 10 nitrogen and oxygen atoms in total. The lowest BCUT2D eigenvalue weighted by Crippen LogP contribution is -2.39. The Labute approximate surface area is 226 Å². The van der Waals surface area contributed by atoms with Gasteiger partial charge in [-0.1, -0.05) is 24.3 Å². The number of anilines is 2. The van der Waals surface area contributed by atoms with Crippen LogP contribution in [0.1, 0.15) is 16.8 Å². The van der Waals surface area contributed by atoms with Crippen molar-refractivity contribution in [2.45, 2.75) is 11.3 Å². The van der Waals surface area contributed by atoms with Crippen LogP contribution in [0.2, 0.25) is 0 Å². The number of halogens is 1. The van der Waals surface area contributed by atoms with Crippen molar-refractivity contribution < 1.29 is 36.6 Å². The van der Waals surface area contributed by atoms with E-state index in [-0.39, 0.29) is 27.6 Å². The molecule has 0 fully saturated rings. The van der Waals surface area contributed by atoms with Crippen LogP contribution in [0.3, 0.4) is 0 Å². The molecule has 0 unspecified atom stereocenters.